The lowest BCUT2D eigenvalue weighted by molar-refractivity contribution is -0.121. The van der Waals surface area contributed by atoms with Gasteiger partial charge in [0.1, 0.15) is 5.65 Å². The molecule has 0 aliphatic carbocycles. The van der Waals surface area contributed by atoms with Crippen LogP contribution in [0.4, 0.5) is 5.69 Å². The number of hydrogen-bond acceptors (Lipinski definition) is 3. The Labute approximate surface area is 159 Å². The molecule has 1 fully saturated rings. The van der Waals surface area contributed by atoms with Crippen molar-refractivity contribution >= 4 is 22.6 Å². The number of aromatic amines is 1. The molecule has 27 heavy (non-hydrogen) atoms. The fourth-order valence-corrected chi connectivity index (χ4v) is 4.03. The van der Waals surface area contributed by atoms with Crippen LogP contribution in [0.3, 0.4) is 0 Å². The van der Waals surface area contributed by atoms with Gasteiger partial charge in [-0.05, 0) is 75.0 Å². The van der Waals surface area contributed by atoms with E-state index in [-0.39, 0.29) is 11.9 Å². The standard InChI is InChI=1S/C22H26N4O/c1-15-6-3-4-8-20(15)25-22(27)16(2)26-12-9-17(10-13-26)19-14-24-21-18(19)7-5-11-23-21/h3-8,11,14,16-17H,9-10,12-13H2,1-2H3,(H,23,24)(H,25,27). The summed E-state index contributed by atoms with van der Waals surface area (Å²) in [5.74, 6) is 0.588. The number of aryl methyl sites for hydroxylation is 1. The Morgan fingerprint density at radius 2 is 2.00 bits per heavy atom. The fraction of sp³-hybridized carbons (Fsp3) is 0.364. The second-order valence-corrected chi connectivity index (χ2v) is 7.43. The monoisotopic (exact) mass is 362 g/mol. The van der Waals surface area contributed by atoms with Crippen LogP contribution in [0.15, 0.2) is 48.8 Å². The van der Waals surface area contributed by atoms with Crippen LogP contribution in [0.2, 0.25) is 0 Å². The van der Waals surface area contributed by atoms with Gasteiger partial charge < -0.3 is 10.3 Å². The molecule has 0 bridgehead atoms. The molecule has 5 heteroatoms. The fourth-order valence-electron chi connectivity index (χ4n) is 4.03. The van der Waals surface area contributed by atoms with Gasteiger partial charge in [0.05, 0.1) is 6.04 Å². The lowest BCUT2D eigenvalue weighted by Gasteiger charge is -2.35. The number of fused-ring (bicyclic) bond motifs is 1. The van der Waals surface area contributed by atoms with E-state index < -0.39 is 0 Å². The van der Waals surface area contributed by atoms with Crippen LogP contribution in [0.25, 0.3) is 11.0 Å². The maximum Gasteiger partial charge on any atom is 0.241 e. The van der Waals surface area contributed by atoms with E-state index in [0.717, 1.165) is 42.8 Å². The first-order valence-electron chi connectivity index (χ1n) is 9.66. The van der Waals surface area contributed by atoms with Gasteiger partial charge in [-0.1, -0.05) is 18.2 Å². The summed E-state index contributed by atoms with van der Waals surface area (Å²) in [7, 11) is 0. The average Bonchev–Trinajstić information content (AvgIpc) is 3.13. The number of hydrogen-bond donors (Lipinski definition) is 2. The number of nitrogens with one attached hydrogen (secondary N) is 2. The molecule has 1 unspecified atom stereocenters. The van der Waals surface area contributed by atoms with E-state index in [1.807, 2.05) is 50.4 Å². The molecule has 3 aromatic rings. The van der Waals surface area contributed by atoms with Crippen molar-refractivity contribution in [3.05, 3.63) is 59.9 Å². The van der Waals surface area contributed by atoms with Crippen LogP contribution >= 0.6 is 0 Å². The minimum Gasteiger partial charge on any atom is -0.346 e. The SMILES string of the molecule is Cc1ccccc1NC(=O)C(C)N1CCC(c2c[nH]c3ncccc23)CC1. The first-order valence-corrected chi connectivity index (χ1v) is 9.66. The predicted molar refractivity (Wildman–Crippen MR) is 109 cm³/mol. The van der Waals surface area contributed by atoms with Gasteiger partial charge in [0, 0.05) is 23.5 Å². The molecule has 2 aromatic heterocycles. The van der Waals surface area contributed by atoms with Gasteiger partial charge >= 0.3 is 0 Å². The molecule has 4 rings (SSSR count). The minimum atomic E-state index is -0.129. The first-order chi connectivity index (χ1) is 13.1. The third-order valence-electron chi connectivity index (χ3n) is 5.78. The number of benzene rings is 1. The van der Waals surface area contributed by atoms with Crippen LogP contribution in [-0.2, 0) is 4.79 Å². The summed E-state index contributed by atoms with van der Waals surface area (Å²) in [5.41, 5.74) is 4.30. The number of piperidine rings is 1. The quantitative estimate of drug-likeness (QED) is 0.735. The van der Waals surface area contributed by atoms with E-state index in [0.29, 0.717) is 5.92 Å². The highest BCUT2D eigenvalue weighted by Crippen LogP contribution is 2.33. The molecule has 2 N–H and O–H groups in total. The van der Waals surface area contributed by atoms with Crippen LogP contribution in [0.1, 0.15) is 36.8 Å². The highest BCUT2D eigenvalue weighted by molar-refractivity contribution is 5.95. The number of aromatic nitrogens is 2. The zero-order valence-electron chi connectivity index (χ0n) is 15.9. The third kappa shape index (κ3) is 3.60. The molecule has 1 saturated heterocycles. The third-order valence-corrected chi connectivity index (χ3v) is 5.78. The topological polar surface area (TPSA) is 61.0 Å². The Balaban J connectivity index is 1.38. The molecule has 0 radical (unpaired) electrons. The van der Waals surface area contributed by atoms with Gasteiger partial charge in [0.25, 0.3) is 0 Å². The van der Waals surface area contributed by atoms with Crippen molar-refractivity contribution in [2.24, 2.45) is 0 Å². The first kappa shape index (κ1) is 17.7. The highest BCUT2D eigenvalue weighted by Gasteiger charge is 2.28. The summed E-state index contributed by atoms with van der Waals surface area (Å²) < 4.78 is 0. The molecule has 0 spiro atoms. The smallest absolute Gasteiger partial charge is 0.241 e. The number of carbonyl (C=O) groups excluding carboxylic acids is 1. The number of amides is 1. The lowest BCUT2D eigenvalue weighted by atomic mass is 9.89. The summed E-state index contributed by atoms with van der Waals surface area (Å²) in [5, 5.41) is 4.30. The van der Waals surface area contributed by atoms with Gasteiger partial charge in [0.2, 0.25) is 5.91 Å². The van der Waals surface area contributed by atoms with Gasteiger partial charge in [-0.3, -0.25) is 9.69 Å². The van der Waals surface area contributed by atoms with Crippen molar-refractivity contribution < 1.29 is 4.79 Å². The molecule has 140 valence electrons. The number of nitrogens with zero attached hydrogens (tertiary/aromatic N) is 2. The van der Waals surface area contributed by atoms with Crippen molar-refractivity contribution in [2.45, 2.75) is 38.6 Å². The summed E-state index contributed by atoms with van der Waals surface area (Å²) in [6.45, 7) is 5.88. The highest BCUT2D eigenvalue weighted by atomic mass is 16.2. The zero-order chi connectivity index (χ0) is 18.8. The van der Waals surface area contributed by atoms with Crippen LogP contribution in [-0.4, -0.2) is 39.9 Å². The van der Waals surface area contributed by atoms with Crippen molar-refractivity contribution in [1.82, 2.24) is 14.9 Å². The molecular formula is C22H26N4O. The Morgan fingerprint density at radius 1 is 1.22 bits per heavy atom. The summed E-state index contributed by atoms with van der Waals surface area (Å²) >= 11 is 0. The van der Waals surface area contributed by atoms with Crippen LogP contribution in [0.5, 0.6) is 0 Å². The number of para-hydroxylation sites is 1. The van der Waals surface area contributed by atoms with Crippen LogP contribution in [0, 0.1) is 6.92 Å². The largest absolute Gasteiger partial charge is 0.346 e. The molecule has 1 aromatic carbocycles. The van der Waals surface area contributed by atoms with E-state index in [4.69, 9.17) is 0 Å². The van der Waals surface area contributed by atoms with Gasteiger partial charge in [-0.15, -0.1) is 0 Å². The minimum absolute atomic E-state index is 0.0686. The number of anilines is 1. The molecule has 3 heterocycles. The van der Waals surface area contributed by atoms with Crippen molar-refractivity contribution in [2.75, 3.05) is 18.4 Å². The Morgan fingerprint density at radius 3 is 2.78 bits per heavy atom. The molecule has 1 aliphatic rings. The summed E-state index contributed by atoms with van der Waals surface area (Å²) in [4.78, 5) is 22.6. The number of carbonyl (C=O) groups is 1. The number of rotatable bonds is 4. The van der Waals surface area contributed by atoms with E-state index in [1.54, 1.807) is 0 Å². The molecule has 5 nitrogen and oxygen atoms in total. The maximum absolute atomic E-state index is 12.7. The normalized spacial score (nSPS) is 17.1. The average molecular weight is 362 g/mol. The van der Waals surface area contributed by atoms with Gasteiger partial charge in [-0.25, -0.2) is 4.98 Å². The molecule has 0 saturated carbocycles. The maximum atomic E-state index is 12.7. The molecule has 1 aliphatic heterocycles. The van der Waals surface area contributed by atoms with Crippen molar-refractivity contribution in [3.63, 3.8) is 0 Å². The van der Waals surface area contributed by atoms with E-state index in [9.17, 15) is 4.79 Å². The Bertz CT molecular complexity index is 940. The second-order valence-electron chi connectivity index (χ2n) is 7.43. The summed E-state index contributed by atoms with van der Waals surface area (Å²) in [6, 6.07) is 11.9. The summed E-state index contributed by atoms with van der Waals surface area (Å²) in [6.07, 6.45) is 6.04. The van der Waals surface area contributed by atoms with E-state index >= 15 is 0 Å². The Hall–Kier alpha value is -2.66. The Kier molecular flexibility index (Phi) is 4.94. The number of H-pyrrole nitrogens is 1. The molecule has 1 amide bonds. The van der Waals surface area contributed by atoms with Gasteiger partial charge in [0.15, 0.2) is 0 Å². The van der Waals surface area contributed by atoms with E-state index in [1.165, 1.54) is 10.9 Å². The number of pyridine rings is 1. The number of likely N-dealkylation sites (tertiary alicyclic amines) is 1. The lowest BCUT2D eigenvalue weighted by Crippen LogP contribution is -2.45. The zero-order valence-corrected chi connectivity index (χ0v) is 15.9. The molecular weight excluding hydrogens is 336 g/mol. The van der Waals surface area contributed by atoms with E-state index in [2.05, 4.69) is 32.4 Å². The van der Waals surface area contributed by atoms with Gasteiger partial charge in [-0.2, -0.15) is 0 Å². The van der Waals surface area contributed by atoms with Crippen molar-refractivity contribution in [3.8, 4) is 0 Å². The predicted octanol–water partition coefficient (Wildman–Crippen LogP) is 4.08. The van der Waals surface area contributed by atoms with Crippen molar-refractivity contribution in [1.29, 1.82) is 0 Å². The molecule has 1 atom stereocenters. The van der Waals surface area contributed by atoms with Crippen LogP contribution < -0.4 is 5.32 Å². The second kappa shape index (κ2) is 7.53.